The number of methoxy groups -OCH3 is 1. The van der Waals surface area contributed by atoms with E-state index >= 15 is 0 Å². The summed E-state index contributed by atoms with van der Waals surface area (Å²) in [5.74, 6) is 1.64. The standard InChI is InChI=1S/C16H25NO3/c1-12(10-16(2,11-18)17-13-4-5-13)20-15-8-6-14(19-3)7-9-15/h6-9,12-13,17-18H,4-5,10-11H2,1-3H3. The van der Waals surface area contributed by atoms with Crippen molar-refractivity contribution in [3.63, 3.8) is 0 Å². The molecule has 1 saturated carbocycles. The van der Waals surface area contributed by atoms with E-state index < -0.39 is 0 Å². The van der Waals surface area contributed by atoms with Crippen molar-refractivity contribution in [3.05, 3.63) is 24.3 Å². The Morgan fingerprint density at radius 1 is 1.30 bits per heavy atom. The lowest BCUT2D eigenvalue weighted by Crippen LogP contribution is -2.49. The van der Waals surface area contributed by atoms with Gasteiger partial charge in [0.1, 0.15) is 11.5 Å². The average molecular weight is 279 g/mol. The van der Waals surface area contributed by atoms with Crippen LogP contribution in [0, 0.1) is 0 Å². The Kier molecular flexibility index (Phi) is 4.89. The fourth-order valence-electron chi connectivity index (χ4n) is 2.45. The zero-order chi connectivity index (χ0) is 14.6. The van der Waals surface area contributed by atoms with Gasteiger partial charge in [0, 0.05) is 18.0 Å². The monoisotopic (exact) mass is 279 g/mol. The highest BCUT2D eigenvalue weighted by Crippen LogP contribution is 2.26. The molecular weight excluding hydrogens is 254 g/mol. The van der Waals surface area contributed by atoms with Crippen LogP contribution in [-0.2, 0) is 0 Å². The number of ether oxygens (including phenoxy) is 2. The molecule has 2 atom stereocenters. The van der Waals surface area contributed by atoms with E-state index in [0.717, 1.165) is 17.9 Å². The summed E-state index contributed by atoms with van der Waals surface area (Å²) in [5.41, 5.74) is -0.271. The van der Waals surface area contributed by atoms with E-state index in [1.54, 1.807) is 7.11 Å². The fraction of sp³-hybridized carbons (Fsp3) is 0.625. The third kappa shape index (κ3) is 4.39. The molecule has 2 unspecified atom stereocenters. The first-order valence-corrected chi connectivity index (χ1v) is 7.24. The molecule has 1 aliphatic rings. The van der Waals surface area contributed by atoms with E-state index in [0.29, 0.717) is 6.04 Å². The van der Waals surface area contributed by atoms with E-state index in [-0.39, 0.29) is 18.2 Å². The van der Waals surface area contributed by atoms with Gasteiger partial charge in [-0.25, -0.2) is 0 Å². The molecule has 0 bridgehead atoms. The summed E-state index contributed by atoms with van der Waals surface area (Å²) in [6.45, 7) is 4.21. The molecule has 1 aliphatic carbocycles. The van der Waals surface area contributed by atoms with E-state index in [1.807, 2.05) is 31.2 Å². The van der Waals surface area contributed by atoms with E-state index in [2.05, 4.69) is 12.2 Å². The number of nitrogens with one attached hydrogen (secondary N) is 1. The summed E-state index contributed by atoms with van der Waals surface area (Å²) in [5, 5.41) is 13.1. The first-order valence-electron chi connectivity index (χ1n) is 7.24. The molecule has 4 nitrogen and oxygen atoms in total. The smallest absolute Gasteiger partial charge is 0.119 e. The summed E-state index contributed by atoms with van der Waals surface area (Å²) < 4.78 is 11.0. The van der Waals surface area contributed by atoms with Crippen LogP contribution in [0.15, 0.2) is 24.3 Å². The van der Waals surface area contributed by atoms with E-state index in [4.69, 9.17) is 9.47 Å². The molecule has 20 heavy (non-hydrogen) atoms. The van der Waals surface area contributed by atoms with Crippen molar-refractivity contribution < 1.29 is 14.6 Å². The minimum atomic E-state index is -0.271. The van der Waals surface area contributed by atoms with Gasteiger partial charge in [-0.1, -0.05) is 0 Å². The molecule has 0 heterocycles. The molecule has 0 aliphatic heterocycles. The van der Waals surface area contributed by atoms with Crippen LogP contribution in [-0.4, -0.2) is 36.5 Å². The van der Waals surface area contributed by atoms with Crippen molar-refractivity contribution in [1.82, 2.24) is 5.32 Å². The van der Waals surface area contributed by atoms with Gasteiger partial charge in [0.15, 0.2) is 0 Å². The number of rotatable bonds is 8. The van der Waals surface area contributed by atoms with Gasteiger partial charge in [-0.2, -0.15) is 0 Å². The molecule has 1 fully saturated rings. The second kappa shape index (κ2) is 6.46. The molecule has 1 aromatic carbocycles. The van der Waals surface area contributed by atoms with Crippen molar-refractivity contribution in [2.75, 3.05) is 13.7 Å². The molecule has 0 aromatic heterocycles. The highest BCUT2D eigenvalue weighted by molar-refractivity contribution is 5.31. The van der Waals surface area contributed by atoms with Crippen LogP contribution < -0.4 is 14.8 Å². The Bertz CT molecular complexity index is 416. The van der Waals surface area contributed by atoms with Gasteiger partial charge in [-0.05, 0) is 51.0 Å². The van der Waals surface area contributed by atoms with Crippen LogP contribution in [0.2, 0.25) is 0 Å². The molecule has 0 spiro atoms. The van der Waals surface area contributed by atoms with Gasteiger partial charge in [0.25, 0.3) is 0 Å². The molecule has 2 rings (SSSR count). The van der Waals surface area contributed by atoms with Crippen LogP contribution in [0.1, 0.15) is 33.1 Å². The van der Waals surface area contributed by atoms with E-state index in [9.17, 15) is 5.11 Å². The average Bonchev–Trinajstić information content (AvgIpc) is 3.23. The summed E-state index contributed by atoms with van der Waals surface area (Å²) in [6.07, 6.45) is 3.23. The van der Waals surface area contributed by atoms with Crippen molar-refractivity contribution in [3.8, 4) is 11.5 Å². The second-order valence-electron chi connectivity index (χ2n) is 5.95. The first kappa shape index (κ1) is 15.1. The predicted octanol–water partition coefficient (Wildman–Crippen LogP) is 2.36. The fourth-order valence-corrected chi connectivity index (χ4v) is 2.45. The highest BCUT2D eigenvalue weighted by Gasteiger charge is 2.33. The summed E-state index contributed by atoms with van der Waals surface area (Å²) in [4.78, 5) is 0. The molecule has 0 amide bonds. The largest absolute Gasteiger partial charge is 0.497 e. The van der Waals surface area contributed by atoms with Crippen molar-refractivity contribution in [2.45, 2.75) is 50.8 Å². The van der Waals surface area contributed by atoms with Crippen LogP contribution in [0.5, 0.6) is 11.5 Å². The van der Waals surface area contributed by atoms with Crippen LogP contribution in [0.4, 0.5) is 0 Å². The third-order valence-corrected chi connectivity index (χ3v) is 3.61. The van der Waals surface area contributed by atoms with Crippen LogP contribution in [0.3, 0.4) is 0 Å². The highest BCUT2D eigenvalue weighted by atomic mass is 16.5. The first-order chi connectivity index (χ1) is 9.54. The van der Waals surface area contributed by atoms with Gasteiger partial charge in [-0.3, -0.25) is 0 Å². The third-order valence-electron chi connectivity index (χ3n) is 3.61. The molecule has 1 aromatic rings. The quantitative estimate of drug-likeness (QED) is 0.767. The Balaban J connectivity index is 1.87. The van der Waals surface area contributed by atoms with Gasteiger partial charge < -0.3 is 19.9 Å². The molecule has 112 valence electrons. The normalized spacial score (nSPS) is 19.2. The lowest BCUT2D eigenvalue weighted by atomic mass is 9.95. The van der Waals surface area contributed by atoms with Crippen molar-refractivity contribution in [2.24, 2.45) is 0 Å². The maximum Gasteiger partial charge on any atom is 0.119 e. The Hall–Kier alpha value is -1.26. The Morgan fingerprint density at radius 2 is 1.90 bits per heavy atom. The SMILES string of the molecule is COc1ccc(OC(C)CC(C)(CO)NC2CC2)cc1. The molecule has 4 heteroatoms. The number of hydrogen-bond donors (Lipinski definition) is 2. The molecule has 0 saturated heterocycles. The zero-order valence-corrected chi connectivity index (χ0v) is 12.6. The predicted molar refractivity (Wildman–Crippen MR) is 79.3 cm³/mol. The van der Waals surface area contributed by atoms with Crippen molar-refractivity contribution >= 4 is 0 Å². The minimum Gasteiger partial charge on any atom is -0.497 e. The summed E-state index contributed by atoms with van der Waals surface area (Å²) >= 11 is 0. The van der Waals surface area contributed by atoms with Gasteiger partial charge in [0.05, 0.1) is 19.8 Å². The topological polar surface area (TPSA) is 50.7 Å². The molecule has 2 N–H and O–H groups in total. The van der Waals surface area contributed by atoms with Crippen LogP contribution in [0.25, 0.3) is 0 Å². The summed E-state index contributed by atoms with van der Waals surface area (Å²) in [6, 6.07) is 8.14. The lowest BCUT2D eigenvalue weighted by Gasteiger charge is -2.32. The second-order valence-corrected chi connectivity index (χ2v) is 5.95. The van der Waals surface area contributed by atoms with Gasteiger partial charge in [-0.15, -0.1) is 0 Å². The lowest BCUT2D eigenvalue weighted by molar-refractivity contribution is 0.108. The minimum absolute atomic E-state index is 0.0341. The molecular formula is C16H25NO3. The van der Waals surface area contributed by atoms with Gasteiger partial charge in [0.2, 0.25) is 0 Å². The Labute approximate surface area is 121 Å². The number of hydrogen-bond acceptors (Lipinski definition) is 4. The van der Waals surface area contributed by atoms with Crippen LogP contribution >= 0.6 is 0 Å². The van der Waals surface area contributed by atoms with E-state index in [1.165, 1.54) is 12.8 Å². The zero-order valence-electron chi connectivity index (χ0n) is 12.6. The number of benzene rings is 1. The maximum atomic E-state index is 9.61. The van der Waals surface area contributed by atoms with Gasteiger partial charge >= 0.3 is 0 Å². The Morgan fingerprint density at radius 3 is 2.40 bits per heavy atom. The molecule has 0 radical (unpaired) electrons. The van der Waals surface area contributed by atoms with Crippen molar-refractivity contribution in [1.29, 1.82) is 0 Å². The number of aliphatic hydroxyl groups is 1. The summed E-state index contributed by atoms with van der Waals surface area (Å²) in [7, 11) is 1.65. The maximum absolute atomic E-state index is 9.61. The number of aliphatic hydroxyl groups excluding tert-OH is 1.